The Balaban J connectivity index is 1.61. The van der Waals surface area contributed by atoms with Crippen molar-refractivity contribution < 1.29 is 18.7 Å². The molecular formula is C25H19FN2O3S. The molecule has 160 valence electrons. The molecule has 0 aliphatic carbocycles. The molecule has 0 fully saturated rings. The van der Waals surface area contributed by atoms with Crippen LogP contribution in [0.2, 0.25) is 0 Å². The summed E-state index contributed by atoms with van der Waals surface area (Å²) in [5.74, 6) is -0.189. The first kappa shape index (κ1) is 21.5. The highest BCUT2D eigenvalue weighted by Crippen LogP contribution is 2.30. The highest BCUT2D eigenvalue weighted by atomic mass is 32.2. The summed E-state index contributed by atoms with van der Waals surface area (Å²) in [6.45, 7) is 0. The summed E-state index contributed by atoms with van der Waals surface area (Å²) in [5.41, 5.74) is 2.07. The minimum Gasteiger partial charge on any atom is -0.497 e. The van der Waals surface area contributed by atoms with Gasteiger partial charge >= 0.3 is 0 Å². The van der Waals surface area contributed by atoms with Crippen molar-refractivity contribution in [1.82, 2.24) is 0 Å². The average molecular weight is 447 g/mol. The number of carbonyl (C=O) groups excluding carboxylic acids is 2. The first-order chi connectivity index (χ1) is 15.5. The number of ether oxygens (including phenoxy) is 1. The molecule has 7 heteroatoms. The smallest absolute Gasteiger partial charge is 0.283 e. The van der Waals surface area contributed by atoms with Gasteiger partial charge in [0.2, 0.25) is 0 Å². The van der Waals surface area contributed by atoms with Crippen LogP contribution in [0.5, 0.6) is 5.75 Å². The Morgan fingerprint density at radius 2 is 1.81 bits per heavy atom. The van der Waals surface area contributed by atoms with E-state index in [0.717, 1.165) is 17.3 Å². The number of Topliss-reactive ketones (excluding diaryl/α,β-unsaturated/α-hetero) is 1. The van der Waals surface area contributed by atoms with Gasteiger partial charge in [0, 0.05) is 5.56 Å². The van der Waals surface area contributed by atoms with E-state index in [1.807, 2.05) is 30.3 Å². The lowest BCUT2D eigenvalue weighted by atomic mass is 10.1. The largest absolute Gasteiger partial charge is 0.497 e. The lowest BCUT2D eigenvalue weighted by Crippen LogP contribution is -2.30. The summed E-state index contributed by atoms with van der Waals surface area (Å²) < 4.78 is 18.6. The number of carbonyl (C=O) groups is 2. The van der Waals surface area contributed by atoms with Gasteiger partial charge in [0.1, 0.15) is 17.3 Å². The Hall–Kier alpha value is -3.71. The zero-order valence-electron chi connectivity index (χ0n) is 17.2. The molecule has 0 spiro atoms. The van der Waals surface area contributed by atoms with Crippen molar-refractivity contribution in [3.8, 4) is 5.75 Å². The van der Waals surface area contributed by atoms with E-state index in [4.69, 9.17) is 4.74 Å². The maximum atomic E-state index is 13.4. The Morgan fingerprint density at radius 1 is 1.06 bits per heavy atom. The molecule has 0 atom stereocenters. The predicted molar refractivity (Wildman–Crippen MR) is 126 cm³/mol. The Labute approximate surface area is 189 Å². The summed E-state index contributed by atoms with van der Waals surface area (Å²) in [5, 5.41) is 0.361. The SMILES string of the molecule is COc1cccc(C(=O)CSC2=N/C(=C\c3ccccc3)C(=O)N2c2ccc(F)cc2)c1. The predicted octanol–water partition coefficient (Wildman–Crippen LogP) is 5.19. The summed E-state index contributed by atoms with van der Waals surface area (Å²) in [6.07, 6.45) is 1.69. The van der Waals surface area contributed by atoms with Crippen molar-refractivity contribution in [2.45, 2.75) is 0 Å². The van der Waals surface area contributed by atoms with Crippen LogP contribution >= 0.6 is 11.8 Å². The van der Waals surface area contributed by atoms with Gasteiger partial charge in [-0.2, -0.15) is 0 Å². The van der Waals surface area contributed by atoms with E-state index in [-0.39, 0.29) is 23.1 Å². The van der Waals surface area contributed by atoms with Crippen LogP contribution in [0, 0.1) is 5.82 Å². The number of rotatable bonds is 6. The summed E-state index contributed by atoms with van der Waals surface area (Å²) in [6, 6.07) is 21.9. The van der Waals surface area contributed by atoms with E-state index < -0.39 is 5.82 Å². The first-order valence-corrected chi connectivity index (χ1v) is 10.8. The number of anilines is 1. The summed E-state index contributed by atoms with van der Waals surface area (Å²) in [7, 11) is 1.54. The Kier molecular flexibility index (Phi) is 6.47. The van der Waals surface area contributed by atoms with Gasteiger partial charge in [0.05, 0.1) is 18.6 Å². The number of benzene rings is 3. The molecule has 3 aromatic carbocycles. The number of aliphatic imine (C=N–C) groups is 1. The third kappa shape index (κ3) is 4.78. The molecule has 0 saturated carbocycles. The highest BCUT2D eigenvalue weighted by molar-refractivity contribution is 8.14. The van der Waals surface area contributed by atoms with Crippen LogP contribution in [0.15, 0.2) is 89.6 Å². The second kappa shape index (κ2) is 9.62. The molecule has 0 unspecified atom stereocenters. The lowest BCUT2D eigenvalue weighted by molar-refractivity contribution is -0.113. The standard InChI is InChI=1S/C25H19FN2O3S/c1-31-21-9-5-8-18(15-21)23(29)16-32-25-27-22(14-17-6-3-2-4-7-17)24(30)28(25)20-12-10-19(26)11-13-20/h2-15H,16H2,1H3/b22-14-. The number of methoxy groups -OCH3 is 1. The van der Waals surface area contributed by atoms with Crippen molar-refractivity contribution in [2.75, 3.05) is 17.8 Å². The van der Waals surface area contributed by atoms with E-state index in [0.29, 0.717) is 22.2 Å². The lowest BCUT2D eigenvalue weighted by Gasteiger charge is -2.17. The molecule has 0 bridgehead atoms. The second-order valence-electron chi connectivity index (χ2n) is 6.90. The van der Waals surface area contributed by atoms with Crippen LogP contribution in [0.3, 0.4) is 0 Å². The number of amides is 1. The maximum absolute atomic E-state index is 13.4. The molecule has 3 aromatic rings. The normalized spacial score (nSPS) is 14.6. The van der Waals surface area contributed by atoms with Crippen molar-refractivity contribution in [2.24, 2.45) is 4.99 Å². The van der Waals surface area contributed by atoms with Gasteiger partial charge in [-0.3, -0.25) is 14.5 Å². The van der Waals surface area contributed by atoms with Crippen LogP contribution in [-0.4, -0.2) is 29.7 Å². The molecular weight excluding hydrogens is 427 g/mol. The van der Waals surface area contributed by atoms with Gasteiger partial charge in [-0.05, 0) is 48.0 Å². The fraction of sp³-hybridized carbons (Fsp3) is 0.0800. The molecule has 5 nitrogen and oxygen atoms in total. The van der Waals surface area contributed by atoms with E-state index in [1.54, 1.807) is 37.5 Å². The van der Waals surface area contributed by atoms with Gasteiger partial charge in [-0.25, -0.2) is 9.38 Å². The van der Waals surface area contributed by atoms with Crippen LogP contribution in [0.1, 0.15) is 15.9 Å². The minimum absolute atomic E-state index is 0.0790. The topological polar surface area (TPSA) is 59.0 Å². The number of halogens is 1. The number of hydrogen-bond donors (Lipinski definition) is 0. The van der Waals surface area contributed by atoms with Crippen LogP contribution in [-0.2, 0) is 4.79 Å². The zero-order chi connectivity index (χ0) is 22.5. The van der Waals surface area contributed by atoms with Gasteiger partial charge in [-0.15, -0.1) is 0 Å². The first-order valence-electron chi connectivity index (χ1n) is 9.80. The van der Waals surface area contributed by atoms with Crippen molar-refractivity contribution in [1.29, 1.82) is 0 Å². The van der Waals surface area contributed by atoms with Crippen molar-refractivity contribution in [3.05, 3.63) is 102 Å². The third-order valence-electron chi connectivity index (χ3n) is 4.74. The van der Waals surface area contributed by atoms with E-state index in [2.05, 4.69) is 4.99 Å². The molecule has 0 saturated heterocycles. The molecule has 4 rings (SSSR count). The van der Waals surface area contributed by atoms with Gasteiger partial charge < -0.3 is 4.74 Å². The maximum Gasteiger partial charge on any atom is 0.283 e. The van der Waals surface area contributed by atoms with Gasteiger partial charge in [0.15, 0.2) is 11.0 Å². The summed E-state index contributed by atoms with van der Waals surface area (Å²) in [4.78, 5) is 31.7. The van der Waals surface area contributed by atoms with E-state index in [1.165, 1.54) is 29.2 Å². The highest BCUT2D eigenvalue weighted by Gasteiger charge is 2.32. The van der Waals surface area contributed by atoms with Crippen molar-refractivity contribution in [3.63, 3.8) is 0 Å². The Morgan fingerprint density at radius 3 is 2.53 bits per heavy atom. The van der Waals surface area contributed by atoms with E-state index >= 15 is 0 Å². The third-order valence-corrected chi connectivity index (χ3v) is 5.68. The summed E-state index contributed by atoms with van der Waals surface area (Å²) >= 11 is 1.16. The number of hydrogen-bond acceptors (Lipinski definition) is 5. The monoisotopic (exact) mass is 446 g/mol. The molecule has 1 heterocycles. The molecule has 1 aliphatic rings. The molecule has 1 aliphatic heterocycles. The van der Waals surface area contributed by atoms with Gasteiger partial charge in [-0.1, -0.05) is 54.2 Å². The van der Waals surface area contributed by atoms with Crippen LogP contribution in [0.25, 0.3) is 6.08 Å². The quantitative estimate of drug-likeness (QED) is 0.386. The fourth-order valence-corrected chi connectivity index (χ4v) is 4.04. The van der Waals surface area contributed by atoms with Crippen LogP contribution < -0.4 is 9.64 Å². The van der Waals surface area contributed by atoms with E-state index in [9.17, 15) is 14.0 Å². The average Bonchev–Trinajstić information content (AvgIpc) is 3.13. The number of nitrogens with zero attached hydrogens (tertiary/aromatic N) is 2. The molecule has 0 N–H and O–H groups in total. The second-order valence-corrected chi connectivity index (χ2v) is 7.84. The minimum atomic E-state index is -0.403. The zero-order valence-corrected chi connectivity index (χ0v) is 18.0. The number of amidine groups is 1. The molecule has 1 amide bonds. The van der Waals surface area contributed by atoms with Crippen molar-refractivity contribution >= 4 is 40.4 Å². The Bertz CT molecular complexity index is 1210. The number of ketones is 1. The molecule has 32 heavy (non-hydrogen) atoms. The fourth-order valence-electron chi connectivity index (χ4n) is 3.13. The van der Waals surface area contributed by atoms with Gasteiger partial charge in [0.25, 0.3) is 5.91 Å². The molecule has 0 radical (unpaired) electrons. The molecule has 0 aromatic heterocycles. The number of thioether (sulfide) groups is 1. The van der Waals surface area contributed by atoms with Crippen LogP contribution in [0.4, 0.5) is 10.1 Å².